The molecule has 0 aromatic heterocycles. The number of amides is 1. The Bertz CT molecular complexity index is 191. The van der Waals surface area contributed by atoms with Gasteiger partial charge in [-0.1, -0.05) is 13.8 Å². The standard InChI is InChI=1S/C11H24N2O2/c1-5-11(12,6-2)10(14)13-9(3)7-8-15-4/h9H,5-8,12H2,1-4H3,(H,13,14). The van der Waals surface area contributed by atoms with Crippen LogP contribution in [0.3, 0.4) is 0 Å². The summed E-state index contributed by atoms with van der Waals surface area (Å²) in [7, 11) is 1.65. The van der Waals surface area contributed by atoms with Crippen molar-refractivity contribution in [2.45, 2.75) is 51.6 Å². The van der Waals surface area contributed by atoms with Gasteiger partial charge in [0.05, 0.1) is 5.54 Å². The van der Waals surface area contributed by atoms with Crippen molar-refractivity contribution in [2.75, 3.05) is 13.7 Å². The van der Waals surface area contributed by atoms with E-state index in [1.807, 2.05) is 20.8 Å². The Hall–Kier alpha value is -0.610. The highest BCUT2D eigenvalue weighted by atomic mass is 16.5. The van der Waals surface area contributed by atoms with Crippen LogP contribution in [-0.2, 0) is 9.53 Å². The van der Waals surface area contributed by atoms with Crippen LogP contribution in [0.15, 0.2) is 0 Å². The molecule has 15 heavy (non-hydrogen) atoms. The third kappa shape index (κ3) is 4.62. The van der Waals surface area contributed by atoms with E-state index in [9.17, 15) is 4.79 Å². The van der Waals surface area contributed by atoms with Crippen molar-refractivity contribution in [1.29, 1.82) is 0 Å². The predicted molar refractivity (Wildman–Crippen MR) is 61.6 cm³/mol. The topological polar surface area (TPSA) is 64.4 Å². The van der Waals surface area contributed by atoms with E-state index >= 15 is 0 Å². The molecule has 0 aromatic rings. The molecular formula is C11H24N2O2. The second kappa shape index (κ2) is 6.80. The van der Waals surface area contributed by atoms with Gasteiger partial charge in [-0.2, -0.15) is 0 Å². The summed E-state index contributed by atoms with van der Waals surface area (Å²) in [4.78, 5) is 11.8. The van der Waals surface area contributed by atoms with Crippen molar-refractivity contribution in [3.63, 3.8) is 0 Å². The van der Waals surface area contributed by atoms with Gasteiger partial charge in [0.15, 0.2) is 0 Å². The molecule has 0 aliphatic rings. The van der Waals surface area contributed by atoms with Gasteiger partial charge in [0.25, 0.3) is 0 Å². The highest BCUT2D eigenvalue weighted by molar-refractivity contribution is 5.86. The van der Waals surface area contributed by atoms with E-state index in [2.05, 4.69) is 5.32 Å². The fraction of sp³-hybridized carbons (Fsp3) is 0.909. The molecule has 4 heteroatoms. The zero-order valence-corrected chi connectivity index (χ0v) is 10.3. The van der Waals surface area contributed by atoms with E-state index in [0.717, 1.165) is 6.42 Å². The lowest BCUT2D eigenvalue weighted by Crippen LogP contribution is -2.55. The number of hydrogen-bond acceptors (Lipinski definition) is 3. The average Bonchev–Trinajstić information content (AvgIpc) is 2.24. The molecule has 0 radical (unpaired) electrons. The van der Waals surface area contributed by atoms with Crippen molar-refractivity contribution < 1.29 is 9.53 Å². The number of methoxy groups -OCH3 is 1. The van der Waals surface area contributed by atoms with Gasteiger partial charge in [-0.3, -0.25) is 4.79 Å². The highest BCUT2D eigenvalue weighted by Gasteiger charge is 2.30. The Kier molecular flexibility index (Phi) is 6.52. The number of hydrogen-bond donors (Lipinski definition) is 2. The summed E-state index contributed by atoms with van der Waals surface area (Å²) in [6, 6.07) is 0.110. The minimum atomic E-state index is -0.721. The maximum atomic E-state index is 11.8. The van der Waals surface area contributed by atoms with Crippen LogP contribution in [0.5, 0.6) is 0 Å². The fourth-order valence-electron chi connectivity index (χ4n) is 1.31. The predicted octanol–water partition coefficient (Wildman–Crippen LogP) is 1.05. The third-order valence-electron chi connectivity index (χ3n) is 2.85. The largest absolute Gasteiger partial charge is 0.385 e. The van der Waals surface area contributed by atoms with Gasteiger partial charge >= 0.3 is 0 Å². The molecule has 0 spiro atoms. The number of nitrogens with two attached hydrogens (primary N) is 1. The molecule has 0 bridgehead atoms. The van der Waals surface area contributed by atoms with E-state index in [1.165, 1.54) is 0 Å². The van der Waals surface area contributed by atoms with Crippen LogP contribution in [-0.4, -0.2) is 31.2 Å². The second-order valence-corrected chi connectivity index (χ2v) is 4.02. The summed E-state index contributed by atoms with van der Waals surface area (Å²) >= 11 is 0. The Labute approximate surface area is 92.6 Å². The van der Waals surface area contributed by atoms with E-state index in [-0.39, 0.29) is 11.9 Å². The zero-order valence-electron chi connectivity index (χ0n) is 10.3. The summed E-state index contributed by atoms with van der Waals surface area (Å²) < 4.78 is 4.95. The summed E-state index contributed by atoms with van der Waals surface area (Å²) in [6.07, 6.45) is 2.13. The number of carbonyl (C=O) groups excluding carboxylic acids is 1. The molecule has 0 aliphatic heterocycles. The smallest absolute Gasteiger partial charge is 0.240 e. The molecule has 3 N–H and O–H groups in total. The van der Waals surface area contributed by atoms with Crippen LogP contribution in [0.25, 0.3) is 0 Å². The Morgan fingerprint density at radius 2 is 2.00 bits per heavy atom. The zero-order chi connectivity index (χ0) is 11.9. The molecule has 4 nitrogen and oxygen atoms in total. The highest BCUT2D eigenvalue weighted by Crippen LogP contribution is 2.11. The third-order valence-corrected chi connectivity index (χ3v) is 2.85. The van der Waals surface area contributed by atoms with Gasteiger partial charge in [0, 0.05) is 19.8 Å². The molecule has 1 unspecified atom stereocenters. The maximum Gasteiger partial charge on any atom is 0.240 e. The van der Waals surface area contributed by atoms with Crippen molar-refractivity contribution in [3.8, 4) is 0 Å². The molecule has 0 aliphatic carbocycles. The Balaban J connectivity index is 4.10. The van der Waals surface area contributed by atoms with Gasteiger partial charge < -0.3 is 15.8 Å². The molecule has 0 saturated carbocycles. The fourth-order valence-corrected chi connectivity index (χ4v) is 1.31. The van der Waals surface area contributed by atoms with Gasteiger partial charge in [-0.05, 0) is 26.2 Å². The summed E-state index contributed by atoms with van der Waals surface area (Å²) in [6.45, 7) is 6.48. The monoisotopic (exact) mass is 216 g/mol. The SMILES string of the molecule is CCC(N)(CC)C(=O)NC(C)CCOC. The van der Waals surface area contributed by atoms with E-state index < -0.39 is 5.54 Å². The molecule has 1 atom stereocenters. The van der Waals surface area contributed by atoms with E-state index in [1.54, 1.807) is 7.11 Å². The van der Waals surface area contributed by atoms with Crippen LogP contribution in [0.2, 0.25) is 0 Å². The lowest BCUT2D eigenvalue weighted by atomic mass is 9.93. The van der Waals surface area contributed by atoms with Crippen molar-refractivity contribution >= 4 is 5.91 Å². The molecule has 1 amide bonds. The minimum absolute atomic E-state index is 0.0592. The first-order valence-electron chi connectivity index (χ1n) is 5.59. The van der Waals surface area contributed by atoms with Crippen LogP contribution in [0.1, 0.15) is 40.0 Å². The first-order valence-corrected chi connectivity index (χ1v) is 5.59. The first-order chi connectivity index (χ1) is 7.00. The minimum Gasteiger partial charge on any atom is -0.385 e. The number of nitrogens with one attached hydrogen (secondary N) is 1. The van der Waals surface area contributed by atoms with Gasteiger partial charge in [-0.15, -0.1) is 0 Å². The van der Waals surface area contributed by atoms with Gasteiger partial charge in [0.1, 0.15) is 0 Å². The maximum absolute atomic E-state index is 11.8. The van der Waals surface area contributed by atoms with Crippen LogP contribution < -0.4 is 11.1 Å². The molecule has 0 fully saturated rings. The van der Waals surface area contributed by atoms with Crippen LogP contribution >= 0.6 is 0 Å². The average molecular weight is 216 g/mol. The molecule has 0 heterocycles. The molecular weight excluding hydrogens is 192 g/mol. The number of rotatable bonds is 7. The quantitative estimate of drug-likeness (QED) is 0.668. The molecule has 90 valence electrons. The van der Waals surface area contributed by atoms with E-state index in [0.29, 0.717) is 19.4 Å². The Morgan fingerprint density at radius 3 is 2.40 bits per heavy atom. The molecule has 0 aromatic carbocycles. The summed E-state index contributed by atoms with van der Waals surface area (Å²) in [5, 5.41) is 2.91. The number of ether oxygens (including phenoxy) is 1. The summed E-state index contributed by atoms with van der Waals surface area (Å²) in [5.41, 5.74) is 5.25. The molecule has 0 rings (SSSR count). The van der Waals surface area contributed by atoms with Gasteiger partial charge in [0.2, 0.25) is 5.91 Å². The van der Waals surface area contributed by atoms with Crippen LogP contribution in [0.4, 0.5) is 0 Å². The van der Waals surface area contributed by atoms with Crippen LogP contribution in [0, 0.1) is 0 Å². The first kappa shape index (κ1) is 14.4. The van der Waals surface area contributed by atoms with Gasteiger partial charge in [-0.25, -0.2) is 0 Å². The van der Waals surface area contributed by atoms with Crippen molar-refractivity contribution in [1.82, 2.24) is 5.32 Å². The lowest BCUT2D eigenvalue weighted by molar-refractivity contribution is -0.127. The lowest BCUT2D eigenvalue weighted by Gasteiger charge is -2.27. The number of carbonyl (C=O) groups is 1. The van der Waals surface area contributed by atoms with Crippen molar-refractivity contribution in [2.24, 2.45) is 5.73 Å². The Morgan fingerprint density at radius 1 is 1.47 bits per heavy atom. The normalized spacial score (nSPS) is 13.7. The van der Waals surface area contributed by atoms with E-state index in [4.69, 9.17) is 10.5 Å². The summed E-state index contributed by atoms with van der Waals surface area (Å²) in [5.74, 6) is -0.0592. The van der Waals surface area contributed by atoms with Crippen molar-refractivity contribution in [3.05, 3.63) is 0 Å². The molecule has 0 saturated heterocycles. The second-order valence-electron chi connectivity index (χ2n) is 4.02.